The molecule has 0 amide bonds. The molecule has 3 aromatic carbocycles. The van der Waals surface area contributed by atoms with E-state index in [-0.39, 0.29) is 24.6 Å². The number of hydrogen-bond acceptors (Lipinski definition) is 5. The maximum absolute atomic E-state index is 13.2. The van der Waals surface area contributed by atoms with Gasteiger partial charge in [0.2, 0.25) is 0 Å². The lowest BCUT2D eigenvalue weighted by atomic mass is 9.91. The number of nitrogens with one attached hydrogen (secondary N) is 1. The summed E-state index contributed by atoms with van der Waals surface area (Å²) in [5.74, 6) is -0.701. The second kappa shape index (κ2) is 11.8. The molecule has 0 radical (unpaired) electrons. The first-order chi connectivity index (χ1) is 16.6. The van der Waals surface area contributed by atoms with Gasteiger partial charge in [0.15, 0.2) is 5.78 Å². The molecule has 3 aromatic rings. The average Bonchev–Trinajstić information content (AvgIpc) is 2.81. The fourth-order valence-electron chi connectivity index (χ4n) is 3.71. The van der Waals surface area contributed by atoms with Crippen molar-refractivity contribution in [3.05, 3.63) is 89.7 Å². The van der Waals surface area contributed by atoms with Gasteiger partial charge in [0, 0.05) is 0 Å². The van der Waals surface area contributed by atoms with E-state index in [0.29, 0.717) is 12.4 Å². The summed E-state index contributed by atoms with van der Waals surface area (Å²) in [5.41, 5.74) is 3.01. The maximum Gasteiger partial charge on any atom is 0.307 e. The van der Waals surface area contributed by atoms with Crippen LogP contribution >= 0.6 is 0 Å². The van der Waals surface area contributed by atoms with Crippen LogP contribution in [0.25, 0.3) is 11.1 Å². The first kappa shape index (κ1) is 26.1. The van der Waals surface area contributed by atoms with E-state index in [1.165, 1.54) is 12.1 Å². The van der Waals surface area contributed by atoms with Gasteiger partial charge in [0.25, 0.3) is 0 Å². The van der Waals surface area contributed by atoms with Crippen LogP contribution < -0.4 is 10.1 Å². The number of Topliss-reactive ketones (excluding diaryl/α,β-unsaturated/α-hetero) is 1. The zero-order valence-electron chi connectivity index (χ0n) is 20.6. The Kier molecular flexibility index (Phi) is 8.77. The second-order valence-electron chi connectivity index (χ2n) is 9.40. The molecule has 0 aromatic heterocycles. The first-order valence-corrected chi connectivity index (χ1v) is 11.6. The lowest BCUT2D eigenvalue weighted by Crippen LogP contribution is -2.29. The van der Waals surface area contributed by atoms with Crippen molar-refractivity contribution >= 4 is 11.8 Å². The molecule has 0 saturated carbocycles. The summed E-state index contributed by atoms with van der Waals surface area (Å²) in [4.78, 5) is 25.1. The van der Waals surface area contributed by atoms with Crippen molar-refractivity contribution in [2.24, 2.45) is 0 Å². The molecule has 0 aliphatic heterocycles. The fraction of sp³-hybridized carbons (Fsp3) is 0.310. The molecule has 6 heteroatoms. The Morgan fingerprint density at radius 1 is 0.943 bits per heavy atom. The molecular formula is C29H32FNO4. The Bertz CT molecular complexity index is 1130. The Labute approximate surface area is 206 Å². The Hall–Kier alpha value is -3.51. The highest BCUT2D eigenvalue weighted by Gasteiger charge is 2.26. The Morgan fingerprint density at radius 3 is 2.26 bits per heavy atom. The zero-order valence-corrected chi connectivity index (χ0v) is 20.6. The standard InChI is InChI=1S/C29H32FNO4/c1-29(2,3)35-28(33)17-26(27(32)18-31-4)22-10-14-25(15-11-22)34-19-20-6-5-7-23(16-20)21-8-12-24(30)13-9-21/h5-16,26,31H,17-19H2,1-4H3. The molecule has 1 N–H and O–H groups in total. The molecule has 0 aliphatic rings. The summed E-state index contributed by atoms with van der Waals surface area (Å²) in [6, 6.07) is 21.5. The number of benzene rings is 3. The normalized spacial score (nSPS) is 12.1. The van der Waals surface area contributed by atoms with Gasteiger partial charge in [-0.15, -0.1) is 0 Å². The molecule has 0 saturated heterocycles. The molecule has 0 bridgehead atoms. The third-order valence-corrected chi connectivity index (χ3v) is 5.32. The second-order valence-corrected chi connectivity index (χ2v) is 9.40. The first-order valence-electron chi connectivity index (χ1n) is 11.6. The van der Waals surface area contributed by atoms with Gasteiger partial charge in [-0.1, -0.05) is 42.5 Å². The fourth-order valence-corrected chi connectivity index (χ4v) is 3.71. The highest BCUT2D eigenvalue weighted by molar-refractivity contribution is 5.91. The van der Waals surface area contributed by atoms with Crippen LogP contribution in [-0.2, 0) is 20.9 Å². The van der Waals surface area contributed by atoms with Crippen LogP contribution in [0.1, 0.15) is 44.2 Å². The SMILES string of the molecule is CNCC(=O)C(CC(=O)OC(C)(C)C)c1ccc(OCc2cccc(-c3ccc(F)cc3)c2)cc1. The molecule has 0 spiro atoms. The van der Waals surface area contributed by atoms with Crippen LogP contribution in [0.3, 0.4) is 0 Å². The van der Waals surface area contributed by atoms with Crippen LogP contribution in [-0.4, -0.2) is 30.9 Å². The zero-order chi connectivity index (χ0) is 25.4. The number of carbonyl (C=O) groups excluding carboxylic acids is 2. The molecule has 3 rings (SSSR count). The predicted octanol–water partition coefficient (Wildman–Crippen LogP) is 5.68. The monoisotopic (exact) mass is 477 g/mol. The third-order valence-electron chi connectivity index (χ3n) is 5.32. The molecular weight excluding hydrogens is 445 g/mol. The predicted molar refractivity (Wildman–Crippen MR) is 135 cm³/mol. The minimum atomic E-state index is -0.612. The Balaban J connectivity index is 1.67. The van der Waals surface area contributed by atoms with Crippen LogP contribution in [0.4, 0.5) is 4.39 Å². The highest BCUT2D eigenvalue weighted by Crippen LogP contribution is 2.26. The highest BCUT2D eigenvalue weighted by atomic mass is 19.1. The van der Waals surface area contributed by atoms with Crippen molar-refractivity contribution in [1.82, 2.24) is 5.32 Å². The molecule has 0 fully saturated rings. The van der Waals surface area contributed by atoms with E-state index in [0.717, 1.165) is 22.3 Å². The van der Waals surface area contributed by atoms with Crippen LogP contribution in [0.2, 0.25) is 0 Å². The average molecular weight is 478 g/mol. The van der Waals surface area contributed by atoms with Gasteiger partial charge >= 0.3 is 5.97 Å². The molecule has 0 aliphatic carbocycles. The van der Waals surface area contributed by atoms with Gasteiger partial charge in [-0.25, -0.2) is 4.39 Å². The molecule has 1 unspecified atom stereocenters. The summed E-state index contributed by atoms with van der Waals surface area (Å²) >= 11 is 0. The molecule has 35 heavy (non-hydrogen) atoms. The number of rotatable bonds is 10. The van der Waals surface area contributed by atoms with E-state index in [1.54, 1.807) is 52.1 Å². The van der Waals surface area contributed by atoms with Crippen molar-refractivity contribution < 1.29 is 23.5 Å². The summed E-state index contributed by atoms with van der Waals surface area (Å²) in [7, 11) is 1.70. The van der Waals surface area contributed by atoms with Gasteiger partial charge in [-0.05, 0) is 80.4 Å². The molecule has 184 valence electrons. The summed E-state index contributed by atoms with van der Waals surface area (Å²) in [6.07, 6.45) is -0.0197. The van der Waals surface area contributed by atoms with E-state index in [1.807, 2.05) is 36.4 Å². The van der Waals surface area contributed by atoms with Gasteiger partial charge in [-0.3, -0.25) is 9.59 Å². The van der Waals surface area contributed by atoms with E-state index < -0.39 is 17.5 Å². The van der Waals surface area contributed by atoms with Gasteiger partial charge in [-0.2, -0.15) is 0 Å². The minimum absolute atomic E-state index is 0.0197. The third kappa shape index (κ3) is 8.04. The van der Waals surface area contributed by atoms with E-state index in [4.69, 9.17) is 9.47 Å². The van der Waals surface area contributed by atoms with Crippen LogP contribution in [0, 0.1) is 5.82 Å². The molecule has 5 nitrogen and oxygen atoms in total. The number of ketones is 1. The lowest BCUT2D eigenvalue weighted by Gasteiger charge is -2.22. The molecule has 0 heterocycles. The minimum Gasteiger partial charge on any atom is -0.489 e. The number of ether oxygens (including phenoxy) is 2. The quantitative estimate of drug-likeness (QED) is 0.381. The van der Waals surface area contributed by atoms with Gasteiger partial charge < -0.3 is 14.8 Å². The number of esters is 1. The van der Waals surface area contributed by atoms with Crippen LogP contribution in [0.15, 0.2) is 72.8 Å². The Morgan fingerprint density at radius 2 is 1.63 bits per heavy atom. The number of halogens is 1. The largest absolute Gasteiger partial charge is 0.489 e. The molecule has 1 atom stereocenters. The van der Waals surface area contributed by atoms with Crippen molar-refractivity contribution in [2.45, 2.75) is 45.3 Å². The van der Waals surface area contributed by atoms with Gasteiger partial charge in [0.05, 0.1) is 18.9 Å². The summed E-state index contributed by atoms with van der Waals surface area (Å²) in [5, 5.41) is 2.86. The van der Waals surface area contributed by atoms with Gasteiger partial charge in [0.1, 0.15) is 23.8 Å². The summed E-state index contributed by atoms with van der Waals surface area (Å²) in [6.45, 7) is 5.93. The smallest absolute Gasteiger partial charge is 0.307 e. The van der Waals surface area contributed by atoms with Crippen molar-refractivity contribution in [3.8, 4) is 16.9 Å². The number of carbonyl (C=O) groups is 2. The van der Waals surface area contributed by atoms with Crippen molar-refractivity contribution in [1.29, 1.82) is 0 Å². The van der Waals surface area contributed by atoms with E-state index in [2.05, 4.69) is 5.32 Å². The number of hydrogen-bond donors (Lipinski definition) is 1. The topological polar surface area (TPSA) is 64.6 Å². The van der Waals surface area contributed by atoms with Crippen LogP contribution in [0.5, 0.6) is 5.75 Å². The summed E-state index contributed by atoms with van der Waals surface area (Å²) < 4.78 is 24.6. The van der Waals surface area contributed by atoms with E-state index in [9.17, 15) is 14.0 Å². The van der Waals surface area contributed by atoms with Crippen molar-refractivity contribution in [3.63, 3.8) is 0 Å². The lowest BCUT2D eigenvalue weighted by molar-refractivity contribution is -0.156. The van der Waals surface area contributed by atoms with Crippen molar-refractivity contribution in [2.75, 3.05) is 13.6 Å². The van der Waals surface area contributed by atoms with E-state index >= 15 is 0 Å². The maximum atomic E-state index is 13.2. The number of likely N-dealkylation sites (N-methyl/N-ethyl adjacent to an activating group) is 1.